The van der Waals surface area contributed by atoms with E-state index in [1.807, 2.05) is 30.3 Å². The monoisotopic (exact) mass is 475 g/mol. The molecule has 2 aliphatic rings. The van der Waals surface area contributed by atoms with Gasteiger partial charge in [0.1, 0.15) is 12.7 Å². The number of halogens is 2. The van der Waals surface area contributed by atoms with Gasteiger partial charge in [0.05, 0.1) is 13.1 Å². The Hall–Kier alpha value is -2.81. The van der Waals surface area contributed by atoms with E-state index >= 15 is 0 Å². The number of carbonyl (C=O) groups excluding carboxylic acids is 3. The Morgan fingerprint density at radius 2 is 1.81 bits per heavy atom. The van der Waals surface area contributed by atoms with Crippen molar-refractivity contribution in [3.05, 3.63) is 69.7 Å². The lowest BCUT2D eigenvalue weighted by molar-refractivity contribution is -0.178. The Morgan fingerprint density at radius 3 is 2.53 bits per heavy atom. The third-order valence-electron chi connectivity index (χ3n) is 5.61. The third-order valence-corrected chi connectivity index (χ3v) is 6.19. The molecule has 10 heteroatoms. The summed E-state index contributed by atoms with van der Waals surface area (Å²) in [7, 11) is 1.69. The van der Waals surface area contributed by atoms with Crippen LogP contribution in [0.5, 0.6) is 0 Å². The summed E-state index contributed by atoms with van der Waals surface area (Å²) in [5.74, 6) is -0.392. The Bertz CT molecular complexity index is 1040. The Labute approximate surface area is 196 Å². The summed E-state index contributed by atoms with van der Waals surface area (Å²) < 4.78 is 0. The van der Waals surface area contributed by atoms with Gasteiger partial charge in [-0.25, -0.2) is 14.8 Å². The summed E-state index contributed by atoms with van der Waals surface area (Å²) in [6.45, 7) is 0.716. The van der Waals surface area contributed by atoms with Crippen molar-refractivity contribution < 1.29 is 14.4 Å². The summed E-state index contributed by atoms with van der Waals surface area (Å²) in [4.78, 5) is 41.5. The van der Waals surface area contributed by atoms with Gasteiger partial charge >= 0.3 is 6.03 Å². The zero-order chi connectivity index (χ0) is 22.8. The van der Waals surface area contributed by atoms with Gasteiger partial charge in [-0.1, -0.05) is 59.6 Å². The van der Waals surface area contributed by atoms with Gasteiger partial charge in [-0.2, -0.15) is 0 Å². The molecule has 1 atom stereocenters. The molecule has 0 aromatic heterocycles. The van der Waals surface area contributed by atoms with Gasteiger partial charge < -0.3 is 15.1 Å². The summed E-state index contributed by atoms with van der Waals surface area (Å²) in [6.07, 6.45) is -0.610. The second-order valence-electron chi connectivity index (χ2n) is 7.82. The highest BCUT2D eigenvalue weighted by Gasteiger charge is 2.45. The van der Waals surface area contributed by atoms with Crippen molar-refractivity contribution >= 4 is 41.0 Å². The van der Waals surface area contributed by atoms with E-state index in [1.165, 1.54) is 9.91 Å². The molecule has 168 valence electrons. The Morgan fingerprint density at radius 1 is 1.06 bits per heavy atom. The molecule has 2 aromatic rings. The van der Waals surface area contributed by atoms with Crippen molar-refractivity contribution in [2.45, 2.75) is 19.3 Å². The minimum absolute atomic E-state index is 0.0194. The summed E-state index contributed by atoms with van der Waals surface area (Å²) in [6, 6.07) is 14.3. The van der Waals surface area contributed by atoms with Crippen LogP contribution in [0, 0.1) is 0 Å². The number of urea groups is 1. The van der Waals surface area contributed by atoms with Crippen LogP contribution in [0.25, 0.3) is 0 Å². The number of nitrogens with zero attached hydrogens (tertiary/aromatic N) is 4. The van der Waals surface area contributed by atoms with Crippen molar-refractivity contribution in [3.63, 3.8) is 0 Å². The quantitative estimate of drug-likeness (QED) is 0.736. The van der Waals surface area contributed by atoms with E-state index in [9.17, 15) is 14.4 Å². The summed E-state index contributed by atoms with van der Waals surface area (Å²) in [5, 5.41) is 6.97. The van der Waals surface area contributed by atoms with Crippen molar-refractivity contribution in [3.8, 4) is 0 Å². The predicted octanol–water partition coefficient (Wildman–Crippen LogP) is 2.56. The number of rotatable bonds is 4. The van der Waals surface area contributed by atoms with Crippen LogP contribution in [0.1, 0.15) is 11.1 Å². The van der Waals surface area contributed by atoms with Crippen LogP contribution >= 0.6 is 23.2 Å². The van der Waals surface area contributed by atoms with E-state index in [4.69, 9.17) is 23.2 Å². The molecule has 1 N–H and O–H groups in total. The summed E-state index contributed by atoms with van der Waals surface area (Å²) >= 11 is 12.3. The highest BCUT2D eigenvalue weighted by atomic mass is 35.5. The molecule has 2 heterocycles. The zero-order valence-corrected chi connectivity index (χ0v) is 19.0. The largest absolute Gasteiger partial charge is 0.334 e. The van der Waals surface area contributed by atoms with Gasteiger partial charge in [-0.05, 0) is 23.3 Å². The lowest BCUT2D eigenvalue weighted by Gasteiger charge is -2.51. The molecule has 0 radical (unpaired) electrons. The normalized spacial score (nSPS) is 19.2. The topological polar surface area (TPSA) is 76.2 Å². The molecule has 2 fully saturated rings. The van der Waals surface area contributed by atoms with Crippen molar-refractivity contribution in [1.29, 1.82) is 0 Å². The van der Waals surface area contributed by atoms with Gasteiger partial charge in [0.25, 0.3) is 0 Å². The minimum atomic E-state index is -0.610. The molecule has 1 unspecified atom stereocenters. The fourth-order valence-electron chi connectivity index (χ4n) is 3.96. The van der Waals surface area contributed by atoms with Crippen LogP contribution in [-0.2, 0) is 22.7 Å². The number of nitrogens with one attached hydrogen (secondary N) is 1. The number of hydrogen-bond donors (Lipinski definition) is 1. The van der Waals surface area contributed by atoms with E-state index in [1.54, 1.807) is 35.2 Å². The molecule has 0 spiro atoms. The molecule has 2 aliphatic heterocycles. The maximum absolute atomic E-state index is 13.1. The van der Waals surface area contributed by atoms with Gasteiger partial charge in [-0.3, -0.25) is 9.59 Å². The fourth-order valence-corrected chi connectivity index (χ4v) is 4.42. The first-order valence-corrected chi connectivity index (χ1v) is 10.9. The van der Waals surface area contributed by atoms with E-state index in [2.05, 4.69) is 5.32 Å². The average Bonchev–Trinajstić information content (AvgIpc) is 2.76. The van der Waals surface area contributed by atoms with Gasteiger partial charge in [0, 0.05) is 30.2 Å². The molecule has 0 bridgehead atoms. The molecule has 0 aliphatic carbocycles. The summed E-state index contributed by atoms with van der Waals surface area (Å²) in [5.41, 5.74) is 1.71. The van der Waals surface area contributed by atoms with E-state index in [-0.39, 0.29) is 44.0 Å². The number of fused-ring (bicyclic) bond motifs is 1. The minimum Gasteiger partial charge on any atom is -0.333 e. The highest BCUT2D eigenvalue weighted by molar-refractivity contribution is 6.35. The molecule has 4 amide bonds. The first-order valence-electron chi connectivity index (χ1n) is 10.2. The lowest BCUT2D eigenvalue weighted by atomic mass is 10.1. The molecule has 4 rings (SSSR count). The number of benzene rings is 2. The van der Waals surface area contributed by atoms with Crippen LogP contribution in [0.4, 0.5) is 4.79 Å². The van der Waals surface area contributed by atoms with Gasteiger partial charge in [0.15, 0.2) is 0 Å². The van der Waals surface area contributed by atoms with Crippen LogP contribution in [0.2, 0.25) is 10.0 Å². The van der Waals surface area contributed by atoms with Crippen LogP contribution in [0.15, 0.2) is 48.5 Å². The fraction of sp³-hybridized carbons (Fsp3) is 0.318. The number of likely N-dealkylation sites (N-methyl/N-ethyl adjacent to an activating group) is 1. The van der Waals surface area contributed by atoms with Crippen LogP contribution in [0.3, 0.4) is 0 Å². The zero-order valence-electron chi connectivity index (χ0n) is 17.5. The van der Waals surface area contributed by atoms with E-state index < -0.39 is 6.17 Å². The first kappa shape index (κ1) is 22.4. The first-order chi connectivity index (χ1) is 15.3. The molecule has 2 saturated heterocycles. The number of hydrogen-bond acceptors (Lipinski definition) is 4. The third kappa shape index (κ3) is 4.67. The average molecular weight is 476 g/mol. The van der Waals surface area contributed by atoms with Crippen molar-refractivity contribution in [1.82, 2.24) is 25.1 Å². The van der Waals surface area contributed by atoms with Crippen molar-refractivity contribution in [2.24, 2.45) is 0 Å². The molecule has 2 aromatic carbocycles. The number of piperazine rings is 1. The number of amides is 4. The second-order valence-corrected chi connectivity index (χ2v) is 8.66. The molecular formula is C22H23Cl2N5O3. The molecule has 8 nitrogen and oxygen atoms in total. The van der Waals surface area contributed by atoms with Crippen LogP contribution < -0.4 is 5.32 Å². The van der Waals surface area contributed by atoms with Crippen molar-refractivity contribution in [2.75, 3.05) is 26.7 Å². The predicted molar refractivity (Wildman–Crippen MR) is 121 cm³/mol. The Balaban J connectivity index is 1.52. The maximum Gasteiger partial charge on any atom is 0.334 e. The molecular weight excluding hydrogens is 453 g/mol. The SMILES string of the molecule is CN1CC(=O)N2CC(=O)N(Cc3ccc(Cl)cc3Cl)CC2N1C(=O)NCc1ccccc1. The molecule has 0 saturated carbocycles. The maximum atomic E-state index is 13.1. The second kappa shape index (κ2) is 9.36. The van der Waals surface area contributed by atoms with Gasteiger partial charge in [0.2, 0.25) is 11.8 Å². The van der Waals surface area contributed by atoms with Crippen LogP contribution in [-0.4, -0.2) is 70.5 Å². The molecule has 32 heavy (non-hydrogen) atoms. The Kier molecular flexibility index (Phi) is 6.55. The lowest BCUT2D eigenvalue weighted by Crippen LogP contribution is -2.73. The number of carbonyl (C=O) groups is 3. The number of hydrazine groups is 1. The van der Waals surface area contributed by atoms with Gasteiger partial charge in [-0.15, -0.1) is 0 Å². The van der Waals surface area contributed by atoms with E-state index in [0.29, 0.717) is 16.6 Å². The van der Waals surface area contributed by atoms with E-state index in [0.717, 1.165) is 11.1 Å². The highest BCUT2D eigenvalue weighted by Crippen LogP contribution is 2.26. The smallest absolute Gasteiger partial charge is 0.333 e. The standard InChI is InChI=1S/C22H23Cl2N5O3/c1-26-13-21(31)28-14-20(30)27(11-16-7-8-17(23)9-18(16)24)12-19(28)29(26)22(32)25-10-15-5-3-2-4-6-15/h2-9,19H,10-14H2,1H3,(H,25,32).